The van der Waals surface area contributed by atoms with Crippen LogP contribution in [0.1, 0.15) is 61.5 Å². The van der Waals surface area contributed by atoms with Gasteiger partial charge in [0.25, 0.3) is 0 Å². The van der Waals surface area contributed by atoms with Crippen molar-refractivity contribution in [3.63, 3.8) is 0 Å². The van der Waals surface area contributed by atoms with Crippen LogP contribution in [0.4, 0.5) is 0 Å². The fourth-order valence-corrected chi connectivity index (χ4v) is 2.48. The van der Waals surface area contributed by atoms with Gasteiger partial charge in [-0.3, -0.25) is 9.78 Å². The zero-order chi connectivity index (χ0) is 12.8. The minimum absolute atomic E-state index is 0.148. The Bertz CT molecular complexity index is 448. The molecule has 1 heterocycles. The Labute approximate surface area is 109 Å². The smallest absolute Gasteiger partial charge is 0.207 e. The molecule has 0 bridgehead atoms. The predicted molar refractivity (Wildman–Crippen MR) is 73.7 cm³/mol. The molecule has 2 heteroatoms. The van der Waals surface area contributed by atoms with Crippen molar-refractivity contribution in [2.24, 2.45) is 0 Å². The second kappa shape index (κ2) is 6.48. The van der Waals surface area contributed by atoms with Gasteiger partial charge in [0.15, 0.2) is 0 Å². The highest BCUT2D eigenvalue weighted by molar-refractivity contribution is 6.08. The number of Topliss-reactive ketones (excluding diaryl/α,β-unsaturated/α-hetero) is 1. The summed E-state index contributed by atoms with van der Waals surface area (Å²) in [6, 6.07) is 3.91. The average molecular weight is 243 g/mol. The van der Waals surface area contributed by atoms with Crippen molar-refractivity contribution in [2.45, 2.75) is 51.9 Å². The maximum absolute atomic E-state index is 12.5. The summed E-state index contributed by atoms with van der Waals surface area (Å²) in [6.07, 6.45) is 11.5. The molecule has 0 fully saturated rings. The molecule has 0 aliphatic heterocycles. The molecule has 0 aromatic carbocycles. The molecule has 0 spiro atoms. The zero-order valence-electron chi connectivity index (χ0n) is 11.1. The lowest BCUT2D eigenvalue weighted by molar-refractivity contribution is 0.102. The topological polar surface area (TPSA) is 30.0 Å². The Morgan fingerprint density at radius 3 is 2.94 bits per heavy atom. The highest BCUT2D eigenvalue weighted by Gasteiger charge is 2.16. The maximum atomic E-state index is 12.5. The van der Waals surface area contributed by atoms with E-state index in [1.807, 2.05) is 12.1 Å². The van der Waals surface area contributed by atoms with E-state index >= 15 is 0 Å². The van der Waals surface area contributed by atoms with Gasteiger partial charge in [0, 0.05) is 6.20 Å². The largest absolute Gasteiger partial charge is 0.287 e. The van der Waals surface area contributed by atoms with E-state index in [4.69, 9.17) is 0 Å². The van der Waals surface area contributed by atoms with E-state index in [0.29, 0.717) is 5.69 Å². The Balaban J connectivity index is 2.23. The molecule has 0 atom stereocenters. The number of rotatable bonds is 3. The number of aryl methyl sites for hydroxylation is 1. The van der Waals surface area contributed by atoms with Crippen LogP contribution in [-0.4, -0.2) is 10.8 Å². The lowest BCUT2D eigenvalue weighted by Gasteiger charge is -2.11. The summed E-state index contributed by atoms with van der Waals surface area (Å²) >= 11 is 0. The fourth-order valence-electron chi connectivity index (χ4n) is 2.48. The summed E-state index contributed by atoms with van der Waals surface area (Å²) in [7, 11) is 0. The summed E-state index contributed by atoms with van der Waals surface area (Å²) in [6.45, 7) is 2.07. The van der Waals surface area contributed by atoms with Gasteiger partial charge < -0.3 is 0 Å². The number of hydrogen-bond acceptors (Lipinski definition) is 2. The quantitative estimate of drug-likeness (QED) is 0.748. The van der Waals surface area contributed by atoms with Crippen molar-refractivity contribution < 1.29 is 4.79 Å². The van der Waals surface area contributed by atoms with Crippen LogP contribution >= 0.6 is 0 Å². The van der Waals surface area contributed by atoms with Gasteiger partial charge in [-0.05, 0) is 49.3 Å². The lowest BCUT2D eigenvalue weighted by atomic mass is 9.94. The van der Waals surface area contributed by atoms with Crippen LogP contribution in [-0.2, 0) is 6.42 Å². The minimum Gasteiger partial charge on any atom is -0.287 e. The third-order valence-electron chi connectivity index (χ3n) is 3.57. The molecule has 18 heavy (non-hydrogen) atoms. The van der Waals surface area contributed by atoms with E-state index in [9.17, 15) is 4.79 Å². The molecule has 96 valence electrons. The first-order chi connectivity index (χ1) is 8.83. The highest BCUT2D eigenvalue weighted by atomic mass is 16.1. The van der Waals surface area contributed by atoms with Gasteiger partial charge in [-0.15, -0.1) is 0 Å². The Morgan fingerprint density at radius 1 is 1.28 bits per heavy atom. The van der Waals surface area contributed by atoms with Crippen LogP contribution in [0, 0.1) is 0 Å². The molecule has 0 amide bonds. The van der Waals surface area contributed by atoms with Crippen LogP contribution < -0.4 is 0 Å². The molecule has 1 aliphatic rings. The number of carbonyl (C=O) groups is 1. The molecular formula is C16H21NO. The molecule has 1 aromatic rings. The van der Waals surface area contributed by atoms with Crippen LogP contribution in [0.3, 0.4) is 0 Å². The molecule has 1 aromatic heterocycles. The second-order valence-corrected chi connectivity index (χ2v) is 4.88. The number of nitrogens with zero attached hydrogens (tertiary/aromatic N) is 1. The Kier molecular flexibility index (Phi) is 4.68. The second-order valence-electron chi connectivity index (χ2n) is 4.88. The summed E-state index contributed by atoms with van der Waals surface area (Å²) in [4.78, 5) is 16.8. The average Bonchev–Trinajstić information content (AvgIpc) is 2.37. The maximum Gasteiger partial charge on any atom is 0.207 e. The van der Waals surface area contributed by atoms with Crippen molar-refractivity contribution in [3.05, 3.63) is 41.2 Å². The van der Waals surface area contributed by atoms with Gasteiger partial charge in [0.1, 0.15) is 5.69 Å². The normalized spacial score (nSPS) is 19.5. The van der Waals surface area contributed by atoms with Gasteiger partial charge in [-0.25, -0.2) is 0 Å². The molecule has 0 N–H and O–H groups in total. The third-order valence-corrected chi connectivity index (χ3v) is 3.57. The summed E-state index contributed by atoms with van der Waals surface area (Å²) < 4.78 is 0. The first-order valence-corrected chi connectivity index (χ1v) is 7.00. The SMILES string of the molecule is CCc1cccnc1C(=O)/C1=C/CCCCCC1. The van der Waals surface area contributed by atoms with E-state index in [-0.39, 0.29) is 5.78 Å². The standard InChI is InChI=1S/C16H21NO/c1-2-13-11-8-12-17-15(13)16(18)14-9-6-4-3-5-7-10-14/h8-9,11-12H,2-7,10H2,1H3/b14-9+. The summed E-state index contributed by atoms with van der Waals surface area (Å²) in [5.74, 6) is 0.148. The first kappa shape index (κ1) is 13.0. The molecule has 0 saturated carbocycles. The number of hydrogen-bond donors (Lipinski definition) is 0. The molecule has 0 unspecified atom stereocenters. The number of allylic oxidation sites excluding steroid dienone is 2. The lowest BCUT2D eigenvalue weighted by Crippen LogP contribution is -2.10. The van der Waals surface area contributed by atoms with Crippen LogP contribution in [0.5, 0.6) is 0 Å². The van der Waals surface area contributed by atoms with Crippen LogP contribution in [0.15, 0.2) is 30.0 Å². The molecule has 2 nitrogen and oxygen atoms in total. The molecule has 0 radical (unpaired) electrons. The first-order valence-electron chi connectivity index (χ1n) is 7.00. The molecular weight excluding hydrogens is 222 g/mol. The van der Waals surface area contributed by atoms with Gasteiger partial charge in [0.2, 0.25) is 5.78 Å². The third kappa shape index (κ3) is 3.06. The van der Waals surface area contributed by atoms with E-state index in [1.54, 1.807) is 6.20 Å². The van der Waals surface area contributed by atoms with E-state index in [2.05, 4.69) is 18.0 Å². The predicted octanol–water partition coefficient (Wildman–Crippen LogP) is 4.11. The number of carbonyl (C=O) groups excluding carboxylic acids is 1. The summed E-state index contributed by atoms with van der Waals surface area (Å²) in [5.41, 5.74) is 2.69. The Hall–Kier alpha value is -1.44. The number of pyridine rings is 1. The highest BCUT2D eigenvalue weighted by Crippen LogP contribution is 2.21. The van der Waals surface area contributed by atoms with Crippen molar-refractivity contribution in [1.82, 2.24) is 4.98 Å². The van der Waals surface area contributed by atoms with Crippen LogP contribution in [0.25, 0.3) is 0 Å². The monoisotopic (exact) mass is 243 g/mol. The van der Waals surface area contributed by atoms with Crippen molar-refractivity contribution in [3.8, 4) is 0 Å². The van der Waals surface area contributed by atoms with Gasteiger partial charge in [0.05, 0.1) is 0 Å². The van der Waals surface area contributed by atoms with Gasteiger partial charge >= 0.3 is 0 Å². The van der Waals surface area contributed by atoms with E-state index in [1.165, 1.54) is 19.3 Å². The van der Waals surface area contributed by atoms with Gasteiger partial charge in [-0.2, -0.15) is 0 Å². The minimum atomic E-state index is 0.148. The van der Waals surface area contributed by atoms with Gasteiger partial charge in [-0.1, -0.05) is 31.9 Å². The summed E-state index contributed by atoms with van der Waals surface area (Å²) in [5, 5.41) is 0. The molecule has 0 saturated heterocycles. The number of aromatic nitrogens is 1. The van der Waals surface area contributed by atoms with Crippen LogP contribution in [0.2, 0.25) is 0 Å². The molecule has 2 rings (SSSR count). The molecule has 1 aliphatic carbocycles. The van der Waals surface area contributed by atoms with Crippen molar-refractivity contribution in [2.75, 3.05) is 0 Å². The zero-order valence-corrected chi connectivity index (χ0v) is 11.1. The number of ketones is 1. The van der Waals surface area contributed by atoms with E-state index in [0.717, 1.165) is 36.8 Å². The fraction of sp³-hybridized carbons (Fsp3) is 0.500. The van der Waals surface area contributed by atoms with Crippen molar-refractivity contribution in [1.29, 1.82) is 0 Å². The van der Waals surface area contributed by atoms with E-state index < -0.39 is 0 Å². The Morgan fingerprint density at radius 2 is 2.11 bits per heavy atom. The van der Waals surface area contributed by atoms with Crippen molar-refractivity contribution >= 4 is 5.78 Å².